The summed E-state index contributed by atoms with van der Waals surface area (Å²) in [5.74, 6) is 1.33. The number of likely N-dealkylation sites (tertiary alicyclic amines) is 2. The molecule has 2 saturated heterocycles. The molecule has 4 N–H and O–H groups in total. The zero-order valence-electron chi connectivity index (χ0n) is 34.5. The van der Waals surface area contributed by atoms with E-state index < -0.39 is 24.3 Å². The molecule has 14 heteroatoms. The molecule has 2 bridgehead atoms. The number of alkyl carbamates (subject to hydrolysis) is 2. The van der Waals surface area contributed by atoms with Crippen LogP contribution in [0, 0.1) is 5.92 Å². The van der Waals surface area contributed by atoms with Crippen LogP contribution in [0.5, 0.6) is 0 Å². The van der Waals surface area contributed by atoms with E-state index in [1.807, 2.05) is 71.8 Å². The molecule has 4 heterocycles. The highest BCUT2D eigenvalue weighted by molar-refractivity contribution is 5.88. The van der Waals surface area contributed by atoms with E-state index in [-0.39, 0.29) is 35.9 Å². The zero-order valence-corrected chi connectivity index (χ0v) is 34.5. The SMILES string of the molecule is COC(=O)N[C@H](C(=O)N1[C@H]2CC[C@@H](C2)[C@@H]1c1ncc(-c2ccc(-c3ccc(-c4cnc([C@@H]5CCCN5C(=O)[C@H](NC(=O)OC)c5ccccc5)[nH]4)cc3)cc2)[nH]1)c1ccccc1. The maximum Gasteiger partial charge on any atom is 0.407 e. The lowest BCUT2D eigenvalue weighted by Gasteiger charge is -2.36. The van der Waals surface area contributed by atoms with Crippen LogP contribution in [-0.2, 0) is 19.1 Å². The largest absolute Gasteiger partial charge is 0.453 e. The fourth-order valence-electron chi connectivity index (χ4n) is 9.48. The lowest BCUT2D eigenvalue weighted by atomic mass is 9.96. The molecule has 14 nitrogen and oxygen atoms in total. The van der Waals surface area contributed by atoms with Gasteiger partial charge in [0, 0.05) is 12.6 Å². The highest BCUT2D eigenvalue weighted by atomic mass is 16.5. The van der Waals surface area contributed by atoms with Crippen molar-refractivity contribution in [1.29, 1.82) is 0 Å². The van der Waals surface area contributed by atoms with Crippen molar-refractivity contribution in [3.05, 3.63) is 144 Å². The minimum absolute atomic E-state index is 0.0717. The van der Waals surface area contributed by atoms with Gasteiger partial charge in [0.15, 0.2) is 0 Å². The van der Waals surface area contributed by atoms with Gasteiger partial charge in [-0.25, -0.2) is 19.6 Å². The number of ether oxygens (including phenoxy) is 2. The van der Waals surface area contributed by atoms with Crippen molar-refractivity contribution in [2.45, 2.75) is 62.3 Å². The van der Waals surface area contributed by atoms with Gasteiger partial charge in [0.1, 0.15) is 23.7 Å². The Morgan fingerprint density at radius 3 is 1.68 bits per heavy atom. The van der Waals surface area contributed by atoms with E-state index in [4.69, 9.17) is 19.4 Å². The lowest BCUT2D eigenvalue weighted by molar-refractivity contribution is -0.138. The van der Waals surface area contributed by atoms with Gasteiger partial charge in [-0.2, -0.15) is 0 Å². The van der Waals surface area contributed by atoms with Gasteiger partial charge in [-0.3, -0.25) is 9.59 Å². The van der Waals surface area contributed by atoms with E-state index >= 15 is 0 Å². The lowest BCUT2D eigenvalue weighted by Crippen LogP contribution is -2.47. The second-order valence-electron chi connectivity index (χ2n) is 16.1. The Morgan fingerprint density at radius 2 is 1.13 bits per heavy atom. The van der Waals surface area contributed by atoms with Crippen molar-refractivity contribution in [2.24, 2.45) is 5.92 Å². The standard InChI is InChI=1S/C48H48N8O6/c1-61-47(59)53-40(33-10-5-3-6-11-33)45(57)55-25-9-14-39(55)43-49-27-37(51-43)31-19-15-29(16-20-31)30-17-21-32(22-18-30)38-28-50-44(52-38)42-35-23-24-36(26-35)56(42)46(58)41(54-48(60)62-2)34-12-7-4-8-13-34/h3-8,10-13,15-22,27-28,35-36,39-42H,9,14,23-26H2,1-2H3,(H,49,51)(H,50,52)(H,53,59)(H,54,60)/t35-,36-,39-,40+,41-,42+/m0/s1. The van der Waals surface area contributed by atoms with Crippen LogP contribution < -0.4 is 10.6 Å². The first-order chi connectivity index (χ1) is 30.3. The molecule has 1 saturated carbocycles. The Hall–Kier alpha value is -7.22. The number of piperidine rings is 1. The number of methoxy groups -OCH3 is 2. The number of nitrogens with one attached hydrogen (secondary N) is 4. The van der Waals surface area contributed by atoms with E-state index in [1.165, 1.54) is 14.2 Å². The highest BCUT2D eigenvalue weighted by Gasteiger charge is 2.51. The van der Waals surface area contributed by atoms with Crippen molar-refractivity contribution in [2.75, 3.05) is 20.8 Å². The first-order valence-electron chi connectivity index (χ1n) is 21.0. The molecule has 2 aromatic heterocycles. The first-order valence-corrected chi connectivity index (χ1v) is 21.0. The molecule has 2 aliphatic heterocycles. The van der Waals surface area contributed by atoms with Crippen LogP contribution in [0.3, 0.4) is 0 Å². The van der Waals surface area contributed by atoms with Crippen molar-refractivity contribution < 1.29 is 28.7 Å². The topological polar surface area (TPSA) is 175 Å². The summed E-state index contributed by atoms with van der Waals surface area (Å²) in [6, 6.07) is 32.8. The van der Waals surface area contributed by atoms with Gasteiger partial charge in [-0.05, 0) is 71.4 Å². The fourth-order valence-corrected chi connectivity index (χ4v) is 9.48. The number of aromatic amines is 2. The molecule has 0 unspecified atom stereocenters. The van der Waals surface area contributed by atoms with Gasteiger partial charge in [-0.15, -0.1) is 0 Å². The van der Waals surface area contributed by atoms with Gasteiger partial charge in [0.05, 0.1) is 50.1 Å². The zero-order chi connectivity index (χ0) is 42.7. The number of imidazole rings is 2. The number of H-pyrrole nitrogens is 2. The molecule has 6 aromatic rings. The van der Waals surface area contributed by atoms with E-state index in [0.717, 1.165) is 71.6 Å². The molecule has 62 heavy (non-hydrogen) atoms. The maximum absolute atomic E-state index is 14.3. The number of rotatable bonds is 11. The molecular formula is C48H48N8O6. The predicted molar refractivity (Wildman–Crippen MR) is 231 cm³/mol. The van der Waals surface area contributed by atoms with Crippen LogP contribution in [0.25, 0.3) is 33.6 Å². The quantitative estimate of drug-likeness (QED) is 0.101. The number of aromatic nitrogens is 4. The Balaban J connectivity index is 0.877. The Morgan fingerprint density at radius 1 is 0.629 bits per heavy atom. The van der Waals surface area contributed by atoms with E-state index in [1.54, 1.807) is 11.1 Å². The second kappa shape index (κ2) is 17.4. The monoisotopic (exact) mass is 832 g/mol. The number of hydrogen-bond donors (Lipinski definition) is 4. The van der Waals surface area contributed by atoms with Crippen LogP contribution >= 0.6 is 0 Å². The number of fused-ring (bicyclic) bond motifs is 2. The number of nitrogens with zero attached hydrogens (tertiary/aromatic N) is 4. The summed E-state index contributed by atoms with van der Waals surface area (Å²) >= 11 is 0. The number of benzene rings is 4. The average Bonchev–Trinajstić information content (AvgIpc) is 4.19. The number of carbonyl (C=O) groups excluding carboxylic acids is 4. The minimum Gasteiger partial charge on any atom is -0.453 e. The Bertz CT molecular complexity index is 2540. The smallest absolute Gasteiger partial charge is 0.407 e. The molecule has 9 rings (SSSR count). The summed E-state index contributed by atoms with van der Waals surface area (Å²) in [7, 11) is 2.58. The van der Waals surface area contributed by atoms with Gasteiger partial charge >= 0.3 is 12.2 Å². The van der Waals surface area contributed by atoms with Gasteiger partial charge in [-0.1, -0.05) is 109 Å². The Kier molecular flexibility index (Phi) is 11.3. The molecule has 0 radical (unpaired) electrons. The predicted octanol–water partition coefficient (Wildman–Crippen LogP) is 8.04. The highest BCUT2D eigenvalue weighted by Crippen LogP contribution is 2.50. The number of hydrogen-bond acceptors (Lipinski definition) is 8. The Labute approximate surface area is 359 Å². The van der Waals surface area contributed by atoms with Crippen molar-refractivity contribution in [1.82, 2.24) is 40.4 Å². The summed E-state index contributed by atoms with van der Waals surface area (Å²) in [5.41, 5.74) is 7.11. The van der Waals surface area contributed by atoms with Crippen molar-refractivity contribution in [3.8, 4) is 33.6 Å². The molecule has 1 aliphatic carbocycles. The molecule has 316 valence electrons. The van der Waals surface area contributed by atoms with Crippen LogP contribution in [-0.4, -0.2) is 80.5 Å². The number of amides is 4. The summed E-state index contributed by atoms with van der Waals surface area (Å²) in [6.45, 7) is 0.551. The number of carbonyl (C=O) groups is 4. The first kappa shape index (κ1) is 40.2. The average molecular weight is 833 g/mol. The van der Waals surface area contributed by atoms with Gasteiger partial charge in [0.25, 0.3) is 11.8 Å². The fraction of sp³-hybridized carbons (Fsp3) is 0.292. The van der Waals surface area contributed by atoms with E-state index in [2.05, 4.69) is 69.1 Å². The molecule has 4 aromatic carbocycles. The third-order valence-electron chi connectivity index (χ3n) is 12.5. The molecule has 6 atom stereocenters. The van der Waals surface area contributed by atoms with Gasteiger partial charge in [0.2, 0.25) is 0 Å². The molecule has 4 amide bonds. The van der Waals surface area contributed by atoms with Crippen LogP contribution in [0.4, 0.5) is 9.59 Å². The third-order valence-corrected chi connectivity index (χ3v) is 12.5. The van der Waals surface area contributed by atoms with Crippen molar-refractivity contribution in [3.63, 3.8) is 0 Å². The van der Waals surface area contributed by atoms with E-state index in [9.17, 15) is 19.2 Å². The second-order valence-corrected chi connectivity index (χ2v) is 16.1. The third kappa shape index (κ3) is 7.91. The maximum atomic E-state index is 14.3. The van der Waals surface area contributed by atoms with Gasteiger partial charge < -0.3 is 39.9 Å². The summed E-state index contributed by atoms with van der Waals surface area (Å²) in [6.07, 6.45) is 6.69. The molecule has 0 spiro atoms. The van der Waals surface area contributed by atoms with Crippen LogP contribution in [0.15, 0.2) is 122 Å². The summed E-state index contributed by atoms with van der Waals surface area (Å²) in [4.78, 5) is 73.1. The van der Waals surface area contributed by atoms with E-state index in [0.29, 0.717) is 23.5 Å². The molecule has 3 fully saturated rings. The van der Waals surface area contributed by atoms with Crippen LogP contribution in [0.1, 0.15) is 79.0 Å². The molecular weight excluding hydrogens is 785 g/mol. The summed E-state index contributed by atoms with van der Waals surface area (Å²) < 4.78 is 9.72. The van der Waals surface area contributed by atoms with Crippen molar-refractivity contribution >= 4 is 24.0 Å². The normalized spacial score (nSPS) is 20.1. The molecule has 3 aliphatic rings. The summed E-state index contributed by atoms with van der Waals surface area (Å²) in [5, 5.41) is 5.48. The van der Waals surface area contributed by atoms with Crippen LogP contribution in [0.2, 0.25) is 0 Å². The minimum atomic E-state index is -0.884.